The van der Waals surface area contributed by atoms with E-state index in [2.05, 4.69) is 46.1 Å². The number of hydrogen-bond donors (Lipinski definition) is 2. The van der Waals surface area contributed by atoms with Crippen LogP contribution >= 0.6 is 11.8 Å². The molecule has 0 aromatic carbocycles. The minimum atomic E-state index is 0.369. The van der Waals surface area contributed by atoms with Crippen LogP contribution in [0.15, 0.2) is 4.99 Å². The number of guanidine groups is 1. The molecule has 1 saturated carbocycles. The summed E-state index contributed by atoms with van der Waals surface area (Å²) >= 11 is 2.10. The molecule has 2 aliphatic rings. The molecule has 1 atom stereocenters. The maximum Gasteiger partial charge on any atom is 0.191 e. The SMILES string of the molecule is CCC(C)NC(=NC)NCC1(N2CCSCC2)CCCC1. The third kappa shape index (κ3) is 4.52. The molecule has 0 amide bonds. The van der Waals surface area contributed by atoms with E-state index < -0.39 is 0 Å². The van der Waals surface area contributed by atoms with Crippen molar-refractivity contribution in [3.8, 4) is 0 Å². The summed E-state index contributed by atoms with van der Waals surface area (Å²) in [7, 11) is 1.87. The van der Waals surface area contributed by atoms with Gasteiger partial charge in [-0.25, -0.2) is 0 Å². The Hall–Kier alpha value is -0.420. The van der Waals surface area contributed by atoms with Crippen molar-refractivity contribution in [2.24, 2.45) is 4.99 Å². The second-order valence-corrected chi connectivity index (χ2v) is 7.64. The minimum absolute atomic E-state index is 0.369. The lowest BCUT2D eigenvalue weighted by molar-refractivity contribution is 0.107. The fourth-order valence-corrected chi connectivity index (χ4v) is 4.36. The summed E-state index contributed by atoms with van der Waals surface area (Å²) in [6, 6.07) is 0.474. The molecule has 0 aromatic heterocycles. The molecule has 5 heteroatoms. The molecule has 1 heterocycles. The topological polar surface area (TPSA) is 39.7 Å². The van der Waals surface area contributed by atoms with Gasteiger partial charge in [-0.2, -0.15) is 11.8 Å². The lowest BCUT2D eigenvalue weighted by atomic mass is 9.94. The molecular formula is C16H32N4S. The van der Waals surface area contributed by atoms with E-state index in [1.807, 2.05) is 7.05 Å². The van der Waals surface area contributed by atoms with Crippen LogP contribution in [-0.2, 0) is 0 Å². The van der Waals surface area contributed by atoms with E-state index in [1.54, 1.807) is 0 Å². The van der Waals surface area contributed by atoms with Gasteiger partial charge in [0.05, 0.1) is 0 Å². The van der Waals surface area contributed by atoms with E-state index in [1.165, 1.54) is 50.3 Å². The Kier molecular flexibility index (Phi) is 6.68. The van der Waals surface area contributed by atoms with Crippen molar-refractivity contribution >= 4 is 17.7 Å². The first kappa shape index (κ1) is 16.9. The fraction of sp³-hybridized carbons (Fsp3) is 0.938. The highest BCUT2D eigenvalue weighted by atomic mass is 32.2. The van der Waals surface area contributed by atoms with E-state index >= 15 is 0 Å². The average molecular weight is 313 g/mol. The summed E-state index contributed by atoms with van der Waals surface area (Å²) in [5, 5.41) is 7.08. The van der Waals surface area contributed by atoms with Gasteiger partial charge < -0.3 is 10.6 Å². The average Bonchev–Trinajstić information content (AvgIpc) is 3.02. The number of hydrogen-bond acceptors (Lipinski definition) is 3. The third-order valence-electron chi connectivity index (χ3n) is 5.02. The summed E-state index contributed by atoms with van der Waals surface area (Å²) in [4.78, 5) is 7.14. The van der Waals surface area contributed by atoms with Crippen molar-refractivity contribution in [1.29, 1.82) is 0 Å². The molecule has 2 N–H and O–H groups in total. The maximum atomic E-state index is 4.38. The molecular weight excluding hydrogens is 280 g/mol. The lowest BCUT2D eigenvalue weighted by Crippen LogP contribution is -2.58. The number of aliphatic imine (C=N–C) groups is 1. The first-order valence-electron chi connectivity index (χ1n) is 8.50. The van der Waals surface area contributed by atoms with Crippen molar-refractivity contribution in [3.63, 3.8) is 0 Å². The highest BCUT2D eigenvalue weighted by molar-refractivity contribution is 7.99. The van der Waals surface area contributed by atoms with Gasteiger partial charge in [0.1, 0.15) is 0 Å². The van der Waals surface area contributed by atoms with Crippen molar-refractivity contribution in [1.82, 2.24) is 15.5 Å². The quantitative estimate of drug-likeness (QED) is 0.604. The zero-order chi connectivity index (χ0) is 15.1. The van der Waals surface area contributed by atoms with Gasteiger partial charge in [-0.15, -0.1) is 0 Å². The van der Waals surface area contributed by atoms with E-state index in [0.717, 1.165) is 18.9 Å². The van der Waals surface area contributed by atoms with Crippen LogP contribution < -0.4 is 10.6 Å². The molecule has 122 valence electrons. The Balaban J connectivity index is 1.93. The van der Waals surface area contributed by atoms with Gasteiger partial charge in [0, 0.05) is 49.8 Å². The molecule has 0 radical (unpaired) electrons. The van der Waals surface area contributed by atoms with Crippen molar-refractivity contribution in [2.45, 2.75) is 57.5 Å². The first-order chi connectivity index (χ1) is 10.2. The second-order valence-electron chi connectivity index (χ2n) is 6.41. The number of rotatable bonds is 5. The largest absolute Gasteiger partial charge is 0.355 e. The van der Waals surface area contributed by atoms with Crippen LogP contribution in [-0.4, -0.2) is 60.6 Å². The summed E-state index contributed by atoms with van der Waals surface area (Å²) in [5.74, 6) is 3.55. The van der Waals surface area contributed by atoms with Crippen LogP contribution in [0, 0.1) is 0 Å². The predicted molar refractivity (Wildman–Crippen MR) is 94.3 cm³/mol. The van der Waals surface area contributed by atoms with Crippen molar-refractivity contribution in [2.75, 3.05) is 38.2 Å². The Morgan fingerprint density at radius 3 is 2.52 bits per heavy atom. The molecule has 1 saturated heterocycles. The molecule has 1 aliphatic heterocycles. The predicted octanol–water partition coefficient (Wildman–Crippen LogP) is 2.31. The van der Waals surface area contributed by atoms with Crippen molar-refractivity contribution < 1.29 is 0 Å². The number of thioether (sulfide) groups is 1. The molecule has 4 nitrogen and oxygen atoms in total. The Bertz CT molecular complexity index is 333. The Labute approximate surface area is 134 Å². The molecule has 1 unspecified atom stereocenters. The molecule has 2 rings (SSSR count). The highest BCUT2D eigenvalue weighted by Crippen LogP contribution is 2.36. The second kappa shape index (κ2) is 8.28. The summed E-state index contributed by atoms with van der Waals surface area (Å²) in [6.07, 6.45) is 6.55. The van der Waals surface area contributed by atoms with Gasteiger partial charge in [0.25, 0.3) is 0 Å². The smallest absolute Gasteiger partial charge is 0.191 e. The lowest BCUT2D eigenvalue weighted by Gasteiger charge is -2.43. The fourth-order valence-electron chi connectivity index (χ4n) is 3.45. The molecule has 0 spiro atoms. The molecule has 21 heavy (non-hydrogen) atoms. The number of nitrogens with zero attached hydrogens (tertiary/aromatic N) is 2. The monoisotopic (exact) mass is 312 g/mol. The first-order valence-corrected chi connectivity index (χ1v) is 9.65. The van der Waals surface area contributed by atoms with Crippen LogP contribution in [0.1, 0.15) is 46.0 Å². The normalized spacial score (nSPS) is 24.8. The van der Waals surface area contributed by atoms with Crippen LogP contribution in [0.3, 0.4) is 0 Å². The Morgan fingerprint density at radius 2 is 1.95 bits per heavy atom. The standard InChI is InChI=1S/C16H32N4S/c1-4-14(2)19-15(17-3)18-13-16(7-5-6-8-16)20-9-11-21-12-10-20/h14H,4-13H2,1-3H3,(H2,17,18,19). The number of nitrogens with one attached hydrogen (secondary N) is 2. The van der Waals surface area contributed by atoms with Gasteiger partial charge in [0.15, 0.2) is 5.96 Å². The zero-order valence-corrected chi connectivity index (χ0v) is 14.8. The van der Waals surface area contributed by atoms with Gasteiger partial charge >= 0.3 is 0 Å². The zero-order valence-electron chi connectivity index (χ0n) is 14.0. The van der Waals surface area contributed by atoms with E-state index in [0.29, 0.717) is 11.6 Å². The minimum Gasteiger partial charge on any atom is -0.355 e. The third-order valence-corrected chi connectivity index (χ3v) is 5.96. The molecule has 0 aromatic rings. The summed E-state index contributed by atoms with van der Waals surface area (Å²) in [6.45, 7) is 7.95. The molecule has 0 bridgehead atoms. The summed E-state index contributed by atoms with van der Waals surface area (Å²) in [5.41, 5.74) is 0.369. The van der Waals surface area contributed by atoms with E-state index in [9.17, 15) is 0 Å². The van der Waals surface area contributed by atoms with Gasteiger partial charge in [0.2, 0.25) is 0 Å². The maximum absolute atomic E-state index is 4.38. The highest BCUT2D eigenvalue weighted by Gasteiger charge is 2.39. The van der Waals surface area contributed by atoms with E-state index in [-0.39, 0.29) is 0 Å². The Morgan fingerprint density at radius 1 is 1.29 bits per heavy atom. The van der Waals surface area contributed by atoms with Crippen LogP contribution in [0.5, 0.6) is 0 Å². The molecule has 1 aliphatic carbocycles. The van der Waals surface area contributed by atoms with Crippen LogP contribution in [0.25, 0.3) is 0 Å². The summed E-state index contributed by atoms with van der Waals surface area (Å²) < 4.78 is 0. The van der Waals surface area contributed by atoms with Gasteiger partial charge in [-0.1, -0.05) is 19.8 Å². The van der Waals surface area contributed by atoms with Crippen LogP contribution in [0.2, 0.25) is 0 Å². The van der Waals surface area contributed by atoms with Crippen molar-refractivity contribution in [3.05, 3.63) is 0 Å². The molecule has 2 fully saturated rings. The van der Waals surface area contributed by atoms with E-state index in [4.69, 9.17) is 0 Å². The van der Waals surface area contributed by atoms with Crippen LogP contribution in [0.4, 0.5) is 0 Å². The van der Waals surface area contributed by atoms with Gasteiger partial charge in [-0.05, 0) is 26.2 Å². The van der Waals surface area contributed by atoms with Gasteiger partial charge in [-0.3, -0.25) is 9.89 Å².